The molecule has 8 bridgehead atoms. The molecular weight excluding hydrogens is 418 g/mol. The normalized spacial score (nSPS) is 12.1. The highest BCUT2D eigenvalue weighted by Crippen LogP contribution is 2.34. The average molecular weight is 435 g/mol. The number of rotatable bonds is 0. The van der Waals surface area contributed by atoms with Crippen molar-refractivity contribution in [1.82, 2.24) is 15.0 Å². The van der Waals surface area contributed by atoms with Gasteiger partial charge in [-0.25, -0.2) is 9.97 Å². The van der Waals surface area contributed by atoms with E-state index in [4.69, 9.17) is 14.4 Å². The molecule has 0 atom stereocenters. The van der Waals surface area contributed by atoms with E-state index >= 15 is 0 Å². The zero-order chi connectivity index (χ0) is 22.2. The number of nitrogens with zero attached hydrogens (tertiary/aromatic N) is 2. The van der Waals surface area contributed by atoms with E-state index in [1.54, 1.807) is 0 Å². The second-order valence-electron chi connectivity index (χ2n) is 8.77. The minimum absolute atomic E-state index is 0.569. The molecule has 0 saturated heterocycles. The molecule has 0 radical (unpaired) electrons. The fraction of sp³-hybridized carbons (Fsp3) is 0. The molecule has 0 saturated carbocycles. The summed E-state index contributed by atoms with van der Waals surface area (Å²) >= 11 is 0. The Morgan fingerprint density at radius 2 is 1.24 bits per heavy atom. The Bertz CT molecular complexity index is 2130. The maximum atomic E-state index is 6.24. The van der Waals surface area contributed by atoms with Gasteiger partial charge in [0.15, 0.2) is 0 Å². The van der Waals surface area contributed by atoms with Crippen molar-refractivity contribution >= 4 is 76.6 Å². The van der Waals surface area contributed by atoms with Crippen LogP contribution >= 0.6 is 0 Å². The third kappa shape index (κ3) is 2.42. The van der Waals surface area contributed by atoms with Crippen molar-refractivity contribution in [2.24, 2.45) is 0 Å². The monoisotopic (exact) mass is 435 g/mol. The highest BCUT2D eigenvalue weighted by atomic mass is 16.3. The number of fused-ring (bicyclic) bond motifs is 7. The highest BCUT2D eigenvalue weighted by Gasteiger charge is 2.11. The zero-order valence-corrected chi connectivity index (χ0v) is 18.0. The molecule has 4 nitrogen and oxygen atoms in total. The number of hydrogen-bond donors (Lipinski definition) is 1. The Balaban J connectivity index is 1.73. The molecule has 8 rings (SSSR count). The van der Waals surface area contributed by atoms with E-state index in [1.165, 1.54) is 0 Å². The van der Waals surface area contributed by atoms with Crippen LogP contribution in [0.5, 0.6) is 0 Å². The Morgan fingerprint density at radius 3 is 2.15 bits per heavy atom. The van der Waals surface area contributed by atoms with Gasteiger partial charge in [0.1, 0.15) is 5.58 Å². The first kappa shape index (κ1) is 17.8. The average Bonchev–Trinajstić information content (AvgIpc) is 3.27. The molecule has 0 fully saturated rings. The number of nitrogens with one attached hydrogen (secondary N) is 1. The topological polar surface area (TPSA) is 54.7 Å². The van der Waals surface area contributed by atoms with Crippen molar-refractivity contribution in [3.63, 3.8) is 0 Å². The number of hydrogen-bond acceptors (Lipinski definition) is 3. The molecule has 0 unspecified atom stereocenters. The summed E-state index contributed by atoms with van der Waals surface area (Å²) in [6, 6.07) is 33.4. The van der Waals surface area contributed by atoms with Crippen molar-refractivity contribution in [2.45, 2.75) is 0 Å². The molecule has 0 aliphatic heterocycles. The summed E-state index contributed by atoms with van der Waals surface area (Å²) in [5.41, 5.74) is 6.20. The van der Waals surface area contributed by atoms with Gasteiger partial charge in [0, 0.05) is 43.9 Å². The first-order valence-corrected chi connectivity index (χ1v) is 11.3. The fourth-order valence-corrected chi connectivity index (χ4v) is 5.19. The fourth-order valence-electron chi connectivity index (χ4n) is 5.19. The molecule has 4 aromatic heterocycles. The van der Waals surface area contributed by atoms with Crippen LogP contribution in [0.25, 0.3) is 76.6 Å². The Labute approximate surface area is 193 Å². The van der Waals surface area contributed by atoms with Crippen molar-refractivity contribution < 1.29 is 4.42 Å². The van der Waals surface area contributed by atoms with Crippen LogP contribution < -0.4 is 0 Å². The van der Waals surface area contributed by atoms with E-state index in [9.17, 15) is 0 Å². The van der Waals surface area contributed by atoms with Gasteiger partial charge in [-0.1, -0.05) is 66.7 Å². The van der Waals surface area contributed by atoms with Crippen LogP contribution in [0.4, 0.5) is 0 Å². The lowest BCUT2D eigenvalue weighted by molar-refractivity contribution is 0.642. The molecule has 4 heteroatoms. The molecule has 1 N–H and O–H groups in total. The van der Waals surface area contributed by atoms with Gasteiger partial charge in [0.25, 0.3) is 0 Å². The van der Waals surface area contributed by atoms with Crippen LogP contribution in [0.2, 0.25) is 0 Å². The van der Waals surface area contributed by atoms with Crippen LogP contribution in [0.3, 0.4) is 0 Å². The largest absolute Gasteiger partial charge is 0.439 e. The molecule has 158 valence electrons. The number of aromatic amines is 1. The van der Waals surface area contributed by atoms with Gasteiger partial charge in [-0.05, 0) is 29.7 Å². The highest BCUT2D eigenvalue weighted by molar-refractivity contribution is 6.21. The Hall–Kier alpha value is -4.70. The second kappa shape index (κ2) is 6.42. The zero-order valence-electron chi connectivity index (χ0n) is 18.0. The van der Waals surface area contributed by atoms with Crippen LogP contribution in [-0.4, -0.2) is 15.0 Å². The summed E-state index contributed by atoms with van der Waals surface area (Å²) in [5.74, 6) is 0. The molecule has 34 heavy (non-hydrogen) atoms. The van der Waals surface area contributed by atoms with E-state index in [2.05, 4.69) is 83.8 Å². The lowest BCUT2D eigenvalue weighted by atomic mass is 10.1. The number of para-hydroxylation sites is 2. The van der Waals surface area contributed by atoms with Crippen LogP contribution in [0.15, 0.2) is 101 Å². The molecule has 0 spiro atoms. The minimum atomic E-state index is 0.569. The molecule has 4 heterocycles. The predicted octanol–water partition coefficient (Wildman–Crippen LogP) is 8.03. The SMILES string of the molecule is c1cc2cc(c1)c1cccc3c4cccc(c5ccc6ccc7ccc(nc7c6[nH]5)o2)c4nc13. The van der Waals surface area contributed by atoms with Crippen molar-refractivity contribution in [1.29, 1.82) is 0 Å². The lowest BCUT2D eigenvalue weighted by Crippen LogP contribution is -1.86. The van der Waals surface area contributed by atoms with E-state index in [-0.39, 0.29) is 0 Å². The van der Waals surface area contributed by atoms with Gasteiger partial charge < -0.3 is 9.40 Å². The van der Waals surface area contributed by atoms with E-state index < -0.39 is 0 Å². The van der Waals surface area contributed by atoms with E-state index in [0.717, 1.165) is 70.9 Å². The molecule has 0 amide bonds. The molecular formula is C30H17N3O. The van der Waals surface area contributed by atoms with Gasteiger partial charge in [0.2, 0.25) is 5.71 Å². The molecule has 0 aliphatic carbocycles. The van der Waals surface area contributed by atoms with Crippen molar-refractivity contribution in [3.05, 3.63) is 97.1 Å². The van der Waals surface area contributed by atoms with Gasteiger partial charge >= 0.3 is 0 Å². The van der Waals surface area contributed by atoms with Crippen LogP contribution in [0.1, 0.15) is 0 Å². The van der Waals surface area contributed by atoms with Crippen LogP contribution in [-0.2, 0) is 0 Å². The van der Waals surface area contributed by atoms with Crippen molar-refractivity contribution in [3.8, 4) is 0 Å². The summed E-state index contributed by atoms with van der Waals surface area (Å²) < 4.78 is 6.24. The Kier molecular flexibility index (Phi) is 3.36. The third-order valence-corrected chi connectivity index (χ3v) is 6.80. The van der Waals surface area contributed by atoms with E-state index in [0.29, 0.717) is 5.71 Å². The van der Waals surface area contributed by atoms with Gasteiger partial charge in [-0.2, -0.15) is 0 Å². The predicted molar refractivity (Wildman–Crippen MR) is 140 cm³/mol. The number of aromatic nitrogens is 3. The summed E-state index contributed by atoms with van der Waals surface area (Å²) in [6.45, 7) is 0. The standard InChI is InChI=1S/C30H17N3O/c1-4-19-16-20(5-1)34-26-15-13-18-11-10-17-12-14-25(31-27(17)28(18)32-26)24-9-3-8-23-22-7-2-6-21(19)29(22)33-30(23)24/h1-16,31H. The second-order valence-corrected chi connectivity index (χ2v) is 8.77. The number of benzene rings is 4. The van der Waals surface area contributed by atoms with Gasteiger partial charge in [-0.15, -0.1) is 0 Å². The van der Waals surface area contributed by atoms with Gasteiger partial charge in [0.05, 0.1) is 22.1 Å². The van der Waals surface area contributed by atoms with Gasteiger partial charge in [-0.3, -0.25) is 0 Å². The van der Waals surface area contributed by atoms with E-state index in [1.807, 2.05) is 18.2 Å². The molecule has 4 aromatic carbocycles. The quantitative estimate of drug-likeness (QED) is 0.245. The minimum Gasteiger partial charge on any atom is -0.439 e. The summed E-state index contributed by atoms with van der Waals surface area (Å²) in [6.07, 6.45) is 0. The molecule has 8 aromatic rings. The summed E-state index contributed by atoms with van der Waals surface area (Å²) in [4.78, 5) is 13.8. The Morgan fingerprint density at radius 1 is 0.529 bits per heavy atom. The first-order valence-electron chi connectivity index (χ1n) is 11.3. The number of pyridine rings is 2. The summed E-state index contributed by atoms with van der Waals surface area (Å²) in [7, 11) is 0. The number of H-pyrrole nitrogens is 1. The van der Waals surface area contributed by atoms with Crippen molar-refractivity contribution in [2.75, 3.05) is 0 Å². The maximum absolute atomic E-state index is 6.24. The van der Waals surface area contributed by atoms with Crippen LogP contribution in [0, 0.1) is 0 Å². The maximum Gasteiger partial charge on any atom is 0.219 e. The smallest absolute Gasteiger partial charge is 0.219 e. The lowest BCUT2D eigenvalue weighted by Gasteiger charge is -2.05. The third-order valence-electron chi connectivity index (χ3n) is 6.80. The first-order chi connectivity index (χ1) is 16.8. The summed E-state index contributed by atoms with van der Waals surface area (Å²) in [5, 5.41) is 7.70. The molecule has 0 aliphatic rings.